The Morgan fingerprint density at radius 3 is 1.13 bits per heavy atom. The number of alkyl carbamates (subject to hydrolysis) is 1. The van der Waals surface area contributed by atoms with Gasteiger partial charge in [-0.05, 0) is 72.8 Å². The van der Waals surface area contributed by atoms with Crippen LogP contribution in [0.25, 0.3) is 60.5 Å². The van der Waals surface area contributed by atoms with Crippen molar-refractivity contribution in [2.45, 2.75) is 44.1 Å². The molecule has 0 bridgehead atoms. The summed E-state index contributed by atoms with van der Waals surface area (Å²) in [6.45, 7) is 3.74. The van der Waals surface area contributed by atoms with E-state index in [1.165, 1.54) is 105 Å². The van der Waals surface area contributed by atoms with Crippen LogP contribution in [0.1, 0.15) is 0 Å². The molecule has 3 heterocycles. The van der Waals surface area contributed by atoms with Crippen molar-refractivity contribution in [2.24, 2.45) is 5.41 Å². The molecular weight excluding hydrogens is 1150 g/mol. The fourth-order valence-electron chi connectivity index (χ4n) is 9.30. The topological polar surface area (TPSA) is 64.6 Å². The van der Waals surface area contributed by atoms with Crippen LogP contribution in [0.5, 0.6) is 0 Å². The van der Waals surface area contributed by atoms with E-state index in [2.05, 4.69) is 212 Å². The number of carbonyl (C=O) groups excluding carboxylic acids is 2. The molecule has 0 saturated heterocycles. The molecule has 14 heteroatoms. The van der Waals surface area contributed by atoms with Crippen LogP contribution in [0.2, 0.25) is 0 Å². The Morgan fingerprint density at radius 2 is 0.747 bits per heavy atom. The lowest BCUT2D eigenvalue weighted by Gasteiger charge is -2.33. The molecule has 392 valence electrons. The Labute approximate surface area is 496 Å². The Morgan fingerprint density at radius 1 is 0.418 bits per heavy atom. The van der Waals surface area contributed by atoms with Crippen LogP contribution in [-0.4, -0.2) is 49.1 Å². The van der Waals surface area contributed by atoms with Gasteiger partial charge in [-0.15, -0.1) is 69.3 Å². The second-order valence-corrected chi connectivity index (χ2v) is 28.0. The third-order valence-corrected chi connectivity index (χ3v) is 25.3. The minimum absolute atomic E-state index is 0.00363. The van der Waals surface area contributed by atoms with Crippen LogP contribution in [0.15, 0.2) is 257 Å². The van der Waals surface area contributed by atoms with E-state index in [0.717, 1.165) is 6.08 Å². The summed E-state index contributed by atoms with van der Waals surface area (Å²) >= 11 is 16.4. The lowest BCUT2D eigenvalue weighted by molar-refractivity contribution is -0.137. The van der Waals surface area contributed by atoms with Crippen LogP contribution >= 0.6 is 105 Å². The van der Waals surface area contributed by atoms with E-state index in [9.17, 15) is 9.59 Å². The molecule has 1 amide bonds. The molecular formula is C65H49NO4S9. The van der Waals surface area contributed by atoms with Crippen LogP contribution in [0, 0.1) is 5.41 Å². The molecule has 0 aliphatic heterocycles. The molecule has 0 fully saturated rings. The second kappa shape index (κ2) is 24.9. The van der Waals surface area contributed by atoms with Crippen molar-refractivity contribution in [1.82, 2.24) is 5.32 Å². The van der Waals surface area contributed by atoms with Gasteiger partial charge in [0.15, 0.2) is 0 Å². The summed E-state index contributed by atoms with van der Waals surface area (Å²) in [5.41, 5.74) is -0.581. The van der Waals surface area contributed by atoms with Gasteiger partial charge in [0.1, 0.15) is 13.2 Å². The SMILES string of the molecule is C=CC(=O)OCCNC(=O)OCC(CSc1ccccc1Sc1cccc2c1sc1ccccc12)(CSc1ccccc1Sc1cccc2c1sc1ccccc12)CSc1ccccc1Sc1cccc2c1sc1ccccc12. The van der Waals surface area contributed by atoms with Gasteiger partial charge in [0.05, 0.1) is 6.54 Å². The fraction of sp³-hybridized carbons (Fsp3) is 0.108. The number of hydrogen-bond donors (Lipinski definition) is 1. The predicted molar refractivity (Wildman–Crippen MR) is 345 cm³/mol. The normalized spacial score (nSPS) is 11.8. The molecule has 0 unspecified atom stereocenters. The zero-order valence-electron chi connectivity index (χ0n) is 42.4. The molecule has 79 heavy (non-hydrogen) atoms. The molecule has 0 saturated carbocycles. The Kier molecular flexibility index (Phi) is 17.0. The first-order chi connectivity index (χ1) is 38.9. The van der Waals surface area contributed by atoms with Gasteiger partial charge in [-0.1, -0.05) is 169 Å². The van der Waals surface area contributed by atoms with E-state index in [-0.39, 0.29) is 19.8 Å². The van der Waals surface area contributed by atoms with Gasteiger partial charge < -0.3 is 14.8 Å². The summed E-state index contributed by atoms with van der Waals surface area (Å²) in [5, 5.41) is 10.5. The third kappa shape index (κ3) is 12.1. The van der Waals surface area contributed by atoms with Crippen LogP contribution in [-0.2, 0) is 14.3 Å². The van der Waals surface area contributed by atoms with Crippen molar-refractivity contribution >= 4 is 177 Å². The van der Waals surface area contributed by atoms with Gasteiger partial charge in [-0.2, -0.15) is 0 Å². The van der Waals surface area contributed by atoms with E-state index >= 15 is 0 Å². The summed E-state index contributed by atoms with van der Waals surface area (Å²) in [6, 6.07) is 72.0. The number of carbonyl (C=O) groups is 2. The molecule has 0 atom stereocenters. The maximum atomic E-state index is 13.8. The maximum Gasteiger partial charge on any atom is 0.407 e. The lowest BCUT2D eigenvalue weighted by Crippen LogP contribution is -2.39. The Bertz CT molecular complexity index is 3810. The fourth-order valence-corrected chi connectivity index (χ4v) is 20.8. The summed E-state index contributed by atoms with van der Waals surface area (Å²) in [7, 11) is 0. The molecule has 5 nitrogen and oxygen atoms in total. The van der Waals surface area contributed by atoms with E-state index in [4.69, 9.17) is 9.47 Å². The van der Waals surface area contributed by atoms with E-state index in [1.807, 2.05) is 105 Å². The number of ether oxygens (including phenoxy) is 2. The quantitative estimate of drug-likeness (QED) is 0.0326. The summed E-state index contributed by atoms with van der Waals surface area (Å²) in [6.07, 6.45) is 0.550. The third-order valence-electron chi connectivity index (χ3n) is 13.2. The first-order valence-electron chi connectivity index (χ1n) is 25.5. The van der Waals surface area contributed by atoms with Crippen molar-refractivity contribution in [3.8, 4) is 0 Å². The summed E-state index contributed by atoms with van der Waals surface area (Å²) < 4.78 is 19.2. The molecule has 12 aromatic rings. The van der Waals surface area contributed by atoms with E-state index < -0.39 is 17.5 Å². The lowest BCUT2D eigenvalue weighted by atomic mass is 9.97. The number of hydrogen-bond acceptors (Lipinski definition) is 13. The van der Waals surface area contributed by atoms with Gasteiger partial charge in [-0.3, -0.25) is 0 Å². The maximum absolute atomic E-state index is 13.8. The summed E-state index contributed by atoms with van der Waals surface area (Å²) in [5.74, 6) is 1.40. The van der Waals surface area contributed by atoms with Gasteiger partial charge in [0.25, 0.3) is 0 Å². The second-order valence-electron chi connectivity index (χ2n) is 18.6. The highest BCUT2D eigenvalue weighted by atomic mass is 32.2. The van der Waals surface area contributed by atoms with Crippen molar-refractivity contribution in [3.63, 3.8) is 0 Å². The van der Waals surface area contributed by atoms with Crippen molar-refractivity contribution < 1.29 is 19.1 Å². The molecule has 0 aliphatic rings. The molecule has 0 spiro atoms. The molecule has 3 aromatic heterocycles. The first kappa shape index (κ1) is 53.8. The average molecular weight is 1200 g/mol. The average Bonchev–Trinajstić information content (AvgIpc) is 4.23. The van der Waals surface area contributed by atoms with Crippen LogP contribution in [0.3, 0.4) is 0 Å². The van der Waals surface area contributed by atoms with Crippen LogP contribution < -0.4 is 5.32 Å². The zero-order valence-corrected chi connectivity index (χ0v) is 49.7. The standard InChI is InChI=1S/C65H49NO4S9/c1-2-60(67)69-37-36-66-64(68)70-38-65(39-71-51-27-9-12-30-54(51)74-57-33-15-21-45-42-18-3-6-24-48(42)77-61(45)57,40-72-52-28-10-13-31-55(52)75-58-34-16-22-46-43-19-4-7-25-49(43)78-62(46)58)41-73-53-29-11-14-32-56(53)76-59-35-17-23-47-44-20-5-8-26-50(44)79-63(47)59/h2-35H,1,36-41H2,(H,66,68). The number of rotatable bonds is 21. The molecule has 12 rings (SSSR count). The van der Waals surface area contributed by atoms with Gasteiger partial charge in [0, 0.05) is 133 Å². The molecule has 9 aromatic carbocycles. The largest absolute Gasteiger partial charge is 0.461 e. The van der Waals surface area contributed by atoms with Gasteiger partial charge in [0.2, 0.25) is 0 Å². The smallest absolute Gasteiger partial charge is 0.407 e. The van der Waals surface area contributed by atoms with E-state index in [1.54, 1.807) is 0 Å². The predicted octanol–water partition coefficient (Wildman–Crippen LogP) is 20.4. The van der Waals surface area contributed by atoms with Crippen molar-refractivity contribution in [1.29, 1.82) is 0 Å². The monoisotopic (exact) mass is 1200 g/mol. The number of fused-ring (bicyclic) bond motifs is 9. The van der Waals surface area contributed by atoms with E-state index in [0.29, 0.717) is 17.3 Å². The Balaban J connectivity index is 0.889. The number of esters is 1. The first-order valence-corrected chi connectivity index (χ1v) is 33.3. The highest BCUT2D eigenvalue weighted by molar-refractivity contribution is 8.04. The molecule has 0 radical (unpaired) electrons. The number of thiophene rings is 3. The minimum atomic E-state index is -0.581. The minimum Gasteiger partial charge on any atom is -0.461 e. The molecule has 0 aliphatic carbocycles. The molecule has 1 N–H and O–H groups in total. The number of thioether (sulfide) groups is 3. The number of benzene rings is 9. The van der Waals surface area contributed by atoms with Crippen LogP contribution in [0.4, 0.5) is 4.79 Å². The van der Waals surface area contributed by atoms with Crippen molar-refractivity contribution in [2.75, 3.05) is 37.0 Å². The Hall–Kier alpha value is -5.78. The number of amides is 1. The van der Waals surface area contributed by atoms with Gasteiger partial charge in [-0.25, -0.2) is 9.59 Å². The van der Waals surface area contributed by atoms with Gasteiger partial charge >= 0.3 is 12.1 Å². The van der Waals surface area contributed by atoms with Crippen molar-refractivity contribution in [3.05, 3.63) is 213 Å². The summed E-state index contributed by atoms with van der Waals surface area (Å²) in [4.78, 5) is 36.3. The highest BCUT2D eigenvalue weighted by Crippen LogP contribution is 2.50. The number of nitrogens with one attached hydrogen (secondary N) is 1. The zero-order chi connectivity index (χ0) is 53.5. The highest BCUT2D eigenvalue weighted by Gasteiger charge is 2.35.